The highest BCUT2D eigenvalue weighted by molar-refractivity contribution is 6.33. The summed E-state index contributed by atoms with van der Waals surface area (Å²) < 4.78 is 0. The highest BCUT2D eigenvalue weighted by Gasteiger charge is 2.24. The molecule has 7 nitrogen and oxygen atoms in total. The first-order valence-electron chi connectivity index (χ1n) is 5.71. The third kappa shape index (κ3) is 3.67. The molecule has 0 bridgehead atoms. The van der Waals surface area contributed by atoms with Gasteiger partial charge < -0.3 is 10.4 Å². The van der Waals surface area contributed by atoms with Gasteiger partial charge in [0.25, 0.3) is 11.6 Å². The van der Waals surface area contributed by atoms with E-state index < -0.39 is 22.8 Å². The zero-order chi connectivity index (χ0) is 15.4. The average Bonchev–Trinajstić information content (AvgIpc) is 2.34. The third-order valence-corrected chi connectivity index (χ3v) is 2.93. The Hall–Kier alpha value is -2.15. The second-order valence-electron chi connectivity index (χ2n) is 4.46. The molecule has 1 amide bonds. The number of nitro benzene ring substituents is 1. The van der Waals surface area contributed by atoms with Crippen LogP contribution in [0.4, 0.5) is 5.69 Å². The lowest BCUT2D eigenvalue weighted by Gasteiger charge is -2.17. The molecule has 0 spiro atoms. The van der Waals surface area contributed by atoms with Crippen molar-refractivity contribution in [3.63, 3.8) is 0 Å². The van der Waals surface area contributed by atoms with Gasteiger partial charge in [-0.2, -0.15) is 0 Å². The molecule has 0 heterocycles. The maximum absolute atomic E-state index is 11.9. The van der Waals surface area contributed by atoms with Gasteiger partial charge in [0, 0.05) is 11.6 Å². The smallest absolute Gasteiger partial charge is 0.326 e. The minimum atomic E-state index is -1.15. The van der Waals surface area contributed by atoms with Crippen molar-refractivity contribution in [3.05, 3.63) is 38.9 Å². The van der Waals surface area contributed by atoms with Gasteiger partial charge in [0.15, 0.2) is 0 Å². The van der Waals surface area contributed by atoms with Gasteiger partial charge in [0.1, 0.15) is 11.1 Å². The number of carbonyl (C=O) groups excluding carboxylic acids is 1. The Morgan fingerprint density at radius 3 is 2.40 bits per heavy atom. The van der Waals surface area contributed by atoms with E-state index in [0.717, 1.165) is 12.1 Å². The number of carbonyl (C=O) groups is 2. The monoisotopic (exact) mass is 300 g/mol. The number of amides is 1. The molecule has 1 unspecified atom stereocenters. The van der Waals surface area contributed by atoms with Crippen molar-refractivity contribution in [1.82, 2.24) is 5.32 Å². The van der Waals surface area contributed by atoms with Crippen LogP contribution in [0.2, 0.25) is 5.02 Å². The summed E-state index contributed by atoms with van der Waals surface area (Å²) in [5.74, 6) is -2.10. The standard InChI is InChI=1S/C12H13ClN2O5/c1-6(2)10(12(17)18)14-11(16)7-3-4-9(15(19)20)8(13)5-7/h3-6,10H,1-2H3,(H,14,16)(H,17,18). The fraction of sp³-hybridized carbons (Fsp3) is 0.333. The molecule has 1 aromatic rings. The summed E-state index contributed by atoms with van der Waals surface area (Å²) >= 11 is 5.69. The SMILES string of the molecule is CC(C)C(NC(=O)c1ccc([N+](=O)[O-])c(Cl)c1)C(=O)O. The third-order valence-electron chi connectivity index (χ3n) is 2.63. The Morgan fingerprint density at radius 1 is 1.40 bits per heavy atom. The number of aliphatic carboxylic acids is 1. The van der Waals surface area contributed by atoms with Gasteiger partial charge in [-0.25, -0.2) is 4.79 Å². The van der Waals surface area contributed by atoms with E-state index in [2.05, 4.69) is 5.32 Å². The quantitative estimate of drug-likeness (QED) is 0.639. The molecular weight excluding hydrogens is 288 g/mol. The van der Waals surface area contributed by atoms with Crippen LogP contribution in [0.25, 0.3) is 0 Å². The summed E-state index contributed by atoms with van der Waals surface area (Å²) in [6.07, 6.45) is 0. The van der Waals surface area contributed by atoms with Crippen LogP contribution in [-0.4, -0.2) is 27.9 Å². The molecule has 0 fully saturated rings. The molecule has 1 rings (SSSR count). The van der Waals surface area contributed by atoms with Crippen molar-refractivity contribution in [2.75, 3.05) is 0 Å². The largest absolute Gasteiger partial charge is 0.480 e. The number of hydrogen-bond donors (Lipinski definition) is 2. The molecule has 20 heavy (non-hydrogen) atoms. The fourth-order valence-corrected chi connectivity index (χ4v) is 1.78. The molecule has 0 aliphatic rings. The van der Waals surface area contributed by atoms with Crippen LogP contribution in [-0.2, 0) is 4.79 Å². The predicted octanol–water partition coefficient (Wildman–Crippen LogP) is 2.09. The van der Waals surface area contributed by atoms with Gasteiger partial charge >= 0.3 is 5.97 Å². The number of nitro groups is 1. The van der Waals surface area contributed by atoms with Crippen molar-refractivity contribution in [3.8, 4) is 0 Å². The Balaban J connectivity index is 2.96. The lowest BCUT2D eigenvalue weighted by atomic mass is 10.0. The van der Waals surface area contributed by atoms with Gasteiger partial charge in [0.2, 0.25) is 0 Å². The van der Waals surface area contributed by atoms with E-state index in [-0.39, 0.29) is 22.2 Å². The molecule has 0 aliphatic carbocycles. The van der Waals surface area contributed by atoms with E-state index in [1.165, 1.54) is 6.07 Å². The van der Waals surface area contributed by atoms with Crippen LogP contribution in [0.1, 0.15) is 24.2 Å². The molecule has 108 valence electrons. The molecule has 8 heteroatoms. The Labute approximate surface area is 119 Å². The fourth-order valence-electron chi connectivity index (χ4n) is 1.53. The summed E-state index contributed by atoms with van der Waals surface area (Å²) in [5, 5.41) is 21.7. The number of rotatable bonds is 5. The summed E-state index contributed by atoms with van der Waals surface area (Å²) in [5.41, 5.74) is -0.255. The molecule has 0 radical (unpaired) electrons. The molecule has 1 atom stereocenters. The van der Waals surface area contributed by atoms with E-state index in [9.17, 15) is 19.7 Å². The van der Waals surface area contributed by atoms with E-state index in [0.29, 0.717) is 0 Å². The lowest BCUT2D eigenvalue weighted by molar-refractivity contribution is -0.384. The second kappa shape index (κ2) is 6.33. The predicted molar refractivity (Wildman–Crippen MR) is 71.8 cm³/mol. The van der Waals surface area contributed by atoms with Gasteiger partial charge in [-0.05, 0) is 18.1 Å². The van der Waals surface area contributed by atoms with E-state index >= 15 is 0 Å². The Morgan fingerprint density at radius 2 is 2.00 bits per heavy atom. The molecule has 0 saturated heterocycles. The molecule has 0 aliphatic heterocycles. The minimum Gasteiger partial charge on any atom is -0.480 e. The molecular formula is C12H13ClN2O5. The second-order valence-corrected chi connectivity index (χ2v) is 4.86. The summed E-state index contributed by atoms with van der Waals surface area (Å²) in [6, 6.07) is 2.41. The van der Waals surface area contributed by atoms with Crippen LogP contribution >= 0.6 is 11.6 Å². The van der Waals surface area contributed by atoms with E-state index in [1.54, 1.807) is 13.8 Å². The number of benzene rings is 1. The topological polar surface area (TPSA) is 110 Å². The van der Waals surface area contributed by atoms with E-state index in [4.69, 9.17) is 16.7 Å². The first-order chi connectivity index (χ1) is 9.23. The molecule has 0 aromatic heterocycles. The van der Waals surface area contributed by atoms with Crippen LogP contribution in [0.3, 0.4) is 0 Å². The minimum absolute atomic E-state index is 0.0625. The van der Waals surface area contributed by atoms with Gasteiger partial charge in [-0.15, -0.1) is 0 Å². The Bertz CT molecular complexity index is 559. The maximum Gasteiger partial charge on any atom is 0.326 e. The zero-order valence-electron chi connectivity index (χ0n) is 10.8. The van der Waals surface area contributed by atoms with Crippen molar-refractivity contribution in [1.29, 1.82) is 0 Å². The van der Waals surface area contributed by atoms with Crippen LogP contribution in [0.5, 0.6) is 0 Å². The number of carboxylic acids is 1. The van der Waals surface area contributed by atoms with Gasteiger partial charge in [0.05, 0.1) is 4.92 Å². The van der Waals surface area contributed by atoms with Crippen LogP contribution in [0.15, 0.2) is 18.2 Å². The normalized spacial score (nSPS) is 12.0. The van der Waals surface area contributed by atoms with Gasteiger partial charge in [-0.3, -0.25) is 14.9 Å². The molecule has 0 saturated carbocycles. The number of nitrogens with zero attached hydrogens (tertiary/aromatic N) is 1. The van der Waals surface area contributed by atoms with Crippen molar-refractivity contribution in [2.24, 2.45) is 5.92 Å². The van der Waals surface area contributed by atoms with Gasteiger partial charge in [-0.1, -0.05) is 25.4 Å². The number of nitrogens with one attached hydrogen (secondary N) is 1. The van der Waals surface area contributed by atoms with Crippen molar-refractivity contribution < 1.29 is 19.6 Å². The van der Waals surface area contributed by atoms with Crippen LogP contribution < -0.4 is 5.32 Å². The Kier molecular flexibility index (Phi) is 5.04. The maximum atomic E-state index is 11.9. The summed E-state index contributed by atoms with van der Waals surface area (Å²) in [7, 11) is 0. The van der Waals surface area contributed by atoms with Crippen molar-refractivity contribution >= 4 is 29.2 Å². The summed E-state index contributed by atoms with van der Waals surface area (Å²) in [6.45, 7) is 3.31. The highest BCUT2D eigenvalue weighted by atomic mass is 35.5. The molecule has 1 aromatic carbocycles. The lowest BCUT2D eigenvalue weighted by Crippen LogP contribution is -2.44. The first-order valence-corrected chi connectivity index (χ1v) is 6.09. The van der Waals surface area contributed by atoms with E-state index in [1.807, 2.05) is 0 Å². The number of hydrogen-bond acceptors (Lipinski definition) is 4. The molecule has 2 N–H and O–H groups in total. The average molecular weight is 301 g/mol. The summed E-state index contributed by atoms with van der Waals surface area (Å²) in [4.78, 5) is 32.8. The highest BCUT2D eigenvalue weighted by Crippen LogP contribution is 2.25. The first kappa shape index (κ1) is 15.9. The zero-order valence-corrected chi connectivity index (χ0v) is 11.5. The number of carboxylic acid groups (broad SMARTS) is 1. The van der Waals surface area contributed by atoms with Crippen LogP contribution in [0, 0.1) is 16.0 Å². The van der Waals surface area contributed by atoms with Crippen molar-refractivity contribution in [2.45, 2.75) is 19.9 Å². The number of halogens is 1.